The van der Waals surface area contributed by atoms with Gasteiger partial charge in [0.05, 0.1) is 6.54 Å². The Morgan fingerprint density at radius 2 is 2.05 bits per heavy atom. The van der Waals surface area contributed by atoms with Crippen molar-refractivity contribution in [1.82, 2.24) is 10.2 Å². The SMILES string of the molecule is CC(CN=C1NC(Cc2ccccc2)CS1)N1CCCC1. The van der Waals surface area contributed by atoms with Gasteiger partial charge in [-0.1, -0.05) is 42.1 Å². The van der Waals surface area contributed by atoms with Gasteiger partial charge in [0.25, 0.3) is 0 Å². The summed E-state index contributed by atoms with van der Waals surface area (Å²) in [5.74, 6) is 1.13. The molecule has 2 aliphatic rings. The molecule has 0 amide bonds. The highest BCUT2D eigenvalue weighted by Crippen LogP contribution is 2.18. The maximum absolute atomic E-state index is 4.79. The van der Waals surface area contributed by atoms with Crippen LogP contribution < -0.4 is 5.32 Å². The maximum Gasteiger partial charge on any atom is 0.156 e. The Kier molecular flexibility index (Phi) is 5.20. The molecule has 2 heterocycles. The fourth-order valence-corrected chi connectivity index (χ4v) is 4.03. The molecule has 2 fully saturated rings. The first kappa shape index (κ1) is 14.9. The van der Waals surface area contributed by atoms with Gasteiger partial charge in [-0.05, 0) is 44.8 Å². The summed E-state index contributed by atoms with van der Waals surface area (Å²) in [6, 6.07) is 11.8. The summed E-state index contributed by atoms with van der Waals surface area (Å²) in [6.07, 6.45) is 3.80. The minimum absolute atomic E-state index is 0.526. The number of benzene rings is 1. The van der Waals surface area contributed by atoms with E-state index in [1.54, 1.807) is 0 Å². The highest BCUT2D eigenvalue weighted by Gasteiger charge is 2.22. The molecule has 114 valence electrons. The number of hydrogen-bond donors (Lipinski definition) is 1. The predicted molar refractivity (Wildman–Crippen MR) is 92.1 cm³/mol. The van der Waals surface area contributed by atoms with Crippen LogP contribution in [0, 0.1) is 0 Å². The molecule has 0 aromatic heterocycles. The van der Waals surface area contributed by atoms with Crippen LogP contribution in [0.2, 0.25) is 0 Å². The van der Waals surface area contributed by atoms with Gasteiger partial charge in [0.2, 0.25) is 0 Å². The van der Waals surface area contributed by atoms with Crippen molar-refractivity contribution in [2.45, 2.75) is 38.3 Å². The van der Waals surface area contributed by atoms with E-state index in [0.717, 1.165) is 23.9 Å². The molecule has 1 aromatic rings. The number of nitrogens with one attached hydrogen (secondary N) is 1. The highest BCUT2D eigenvalue weighted by atomic mass is 32.2. The number of nitrogens with zero attached hydrogens (tertiary/aromatic N) is 2. The van der Waals surface area contributed by atoms with E-state index in [1.165, 1.54) is 31.5 Å². The molecule has 2 atom stereocenters. The van der Waals surface area contributed by atoms with Crippen molar-refractivity contribution in [2.24, 2.45) is 4.99 Å². The summed E-state index contributed by atoms with van der Waals surface area (Å²) in [5, 5.41) is 4.72. The van der Waals surface area contributed by atoms with Crippen LogP contribution in [0.25, 0.3) is 0 Å². The molecule has 1 N–H and O–H groups in total. The van der Waals surface area contributed by atoms with Crippen LogP contribution in [0.15, 0.2) is 35.3 Å². The second kappa shape index (κ2) is 7.32. The van der Waals surface area contributed by atoms with E-state index in [4.69, 9.17) is 4.99 Å². The summed E-state index contributed by atoms with van der Waals surface area (Å²) < 4.78 is 0. The number of likely N-dealkylation sites (tertiary alicyclic amines) is 1. The van der Waals surface area contributed by atoms with Gasteiger partial charge >= 0.3 is 0 Å². The molecule has 2 aliphatic heterocycles. The third kappa shape index (κ3) is 4.24. The van der Waals surface area contributed by atoms with Crippen molar-refractivity contribution in [3.63, 3.8) is 0 Å². The van der Waals surface area contributed by atoms with E-state index >= 15 is 0 Å². The lowest BCUT2D eigenvalue weighted by atomic mass is 10.1. The average Bonchev–Trinajstić information content (AvgIpc) is 3.17. The van der Waals surface area contributed by atoms with Crippen LogP contribution in [-0.4, -0.2) is 47.5 Å². The van der Waals surface area contributed by atoms with E-state index in [1.807, 2.05) is 11.8 Å². The first-order valence-corrected chi connectivity index (χ1v) is 9.01. The fourth-order valence-electron chi connectivity index (χ4n) is 3.05. The minimum Gasteiger partial charge on any atom is -0.361 e. The van der Waals surface area contributed by atoms with E-state index in [9.17, 15) is 0 Å². The molecule has 1 aromatic carbocycles. The summed E-state index contributed by atoms with van der Waals surface area (Å²) >= 11 is 1.87. The van der Waals surface area contributed by atoms with Crippen LogP contribution in [-0.2, 0) is 6.42 Å². The van der Waals surface area contributed by atoms with Crippen molar-refractivity contribution in [2.75, 3.05) is 25.4 Å². The Hall–Kier alpha value is -1.00. The Balaban J connectivity index is 1.46. The lowest BCUT2D eigenvalue weighted by Gasteiger charge is -2.21. The molecule has 2 unspecified atom stereocenters. The van der Waals surface area contributed by atoms with Crippen molar-refractivity contribution < 1.29 is 0 Å². The van der Waals surface area contributed by atoms with Crippen molar-refractivity contribution in [3.05, 3.63) is 35.9 Å². The summed E-state index contributed by atoms with van der Waals surface area (Å²) in [4.78, 5) is 7.35. The largest absolute Gasteiger partial charge is 0.361 e. The van der Waals surface area contributed by atoms with Crippen molar-refractivity contribution in [3.8, 4) is 0 Å². The summed E-state index contributed by atoms with van der Waals surface area (Å²) in [5.41, 5.74) is 1.40. The molecule has 0 saturated carbocycles. The third-order valence-electron chi connectivity index (χ3n) is 4.34. The Morgan fingerprint density at radius 1 is 1.29 bits per heavy atom. The Labute approximate surface area is 132 Å². The number of thioether (sulfide) groups is 1. The number of amidine groups is 1. The fraction of sp³-hybridized carbons (Fsp3) is 0.588. The topological polar surface area (TPSA) is 27.6 Å². The Morgan fingerprint density at radius 3 is 2.81 bits per heavy atom. The molecule has 4 heteroatoms. The molecule has 21 heavy (non-hydrogen) atoms. The second-order valence-electron chi connectivity index (χ2n) is 6.08. The predicted octanol–water partition coefficient (Wildman–Crippen LogP) is 2.77. The molecule has 0 spiro atoms. The first-order chi connectivity index (χ1) is 10.3. The number of rotatable bonds is 5. The van der Waals surface area contributed by atoms with Gasteiger partial charge in [0, 0.05) is 17.8 Å². The van der Waals surface area contributed by atoms with Gasteiger partial charge in [-0.25, -0.2) is 0 Å². The quantitative estimate of drug-likeness (QED) is 0.906. The monoisotopic (exact) mass is 303 g/mol. The van der Waals surface area contributed by atoms with Crippen molar-refractivity contribution >= 4 is 16.9 Å². The average molecular weight is 303 g/mol. The van der Waals surface area contributed by atoms with Crippen LogP contribution in [0.4, 0.5) is 0 Å². The van der Waals surface area contributed by atoms with Gasteiger partial charge in [-0.3, -0.25) is 9.89 Å². The number of hydrogen-bond acceptors (Lipinski definition) is 3. The van der Waals surface area contributed by atoms with Crippen molar-refractivity contribution in [1.29, 1.82) is 0 Å². The van der Waals surface area contributed by atoms with Crippen LogP contribution in [0.3, 0.4) is 0 Å². The number of aliphatic imine (C=N–C) groups is 1. The third-order valence-corrected chi connectivity index (χ3v) is 5.43. The van der Waals surface area contributed by atoms with E-state index < -0.39 is 0 Å². The Bertz CT molecular complexity index is 468. The maximum atomic E-state index is 4.79. The smallest absolute Gasteiger partial charge is 0.156 e. The summed E-state index contributed by atoms with van der Waals surface area (Å²) in [6.45, 7) is 5.73. The van der Waals surface area contributed by atoms with Gasteiger partial charge in [0.1, 0.15) is 0 Å². The lowest BCUT2D eigenvalue weighted by Crippen LogP contribution is -2.33. The molecule has 0 aliphatic carbocycles. The molecule has 3 rings (SSSR count). The second-order valence-corrected chi connectivity index (χ2v) is 7.09. The van der Waals surface area contributed by atoms with Gasteiger partial charge in [-0.2, -0.15) is 0 Å². The van der Waals surface area contributed by atoms with Gasteiger partial charge < -0.3 is 5.32 Å². The zero-order chi connectivity index (χ0) is 14.5. The van der Waals surface area contributed by atoms with Crippen LogP contribution in [0.5, 0.6) is 0 Å². The zero-order valence-electron chi connectivity index (χ0n) is 12.8. The normalized spacial score (nSPS) is 26.1. The molecule has 0 radical (unpaired) electrons. The van der Waals surface area contributed by atoms with E-state index in [0.29, 0.717) is 12.1 Å². The van der Waals surface area contributed by atoms with Gasteiger partial charge in [-0.15, -0.1) is 0 Å². The molecule has 0 bridgehead atoms. The van der Waals surface area contributed by atoms with E-state index in [2.05, 4.69) is 47.5 Å². The standard InChI is InChI=1S/C17H25N3S/c1-14(20-9-5-6-10-20)12-18-17-19-16(13-21-17)11-15-7-3-2-4-8-15/h2-4,7-8,14,16H,5-6,9-13H2,1H3,(H,18,19). The van der Waals surface area contributed by atoms with Crippen LogP contribution in [0.1, 0.15) is 25.3 Å². The molecule has 2 saturated heterocycles. The van der Waals surface area contributed by atoms with Crippen LogP contribution >= 0.6 is 11.8 Å². The van der Waals surface area contributed by atoms with E-state index in [-0.39, 0.29) is 0 Å². The summed E-state index contributed by atoms with van der Waals surface area (Å²) in [7, 11) is 0. The first-order valence-electron chi connectivity index (χ1n) is 8.03. The zero-order valence-corrected chi connectivity index (χ0v) is 13.6. The molecule has 3 nitrogen and oxygen atoms in total. The molecular formula is C17H25N3S. The molecular weight excluding hydrogens is 278 g/mol. The van der Waals surface area contributed by atoms with Gasteiger partial charge in [0.15, 0.2) is 5.17 Å². The lowest BCUT2D eigenvalue weighted by molar-refractivity contribution is 0.265. The minimum atomic E-state index is 0.526. The highest BCUT2D eigenvalue weighted by molar-refractivity contribution is 8.14.